The number of H-pyrrole nitrogens is 1. The number of primary amides is 1. The van der Waals surface area contributed by atoms with E-state index in [0.29, 0.717) is 41.5 Å². The summed E-state index contributed by atoms with van der Waals surface area (Å²) in [5.74, 6) is 1.89. The maximum Gasteiger partial charge on any atom is 0.248 e. The second-order valence-corrected chi connectivity index (χ2v) is 15.1. The summed E-state index contributed by atoms with van der Waals surface area (Å²) in [6.45, 7) is 4.12. The van der Waals surface area contributed by atoms with Crippen LogP contribution in [-0.2, 0) is 16.0 Å². The molecule has 10 rings (SSSR count). The molecule has 6 aromatic rings. The van der Waals surface area contributed by atoms with Crippen LogP contribution in [0, 0.1) is 5.92 Å². The molecule has 0 fully saturated rings. The van der Waals surface area contributed by atoms with Gasteiger partial charge < -0.3 is 40.6 Å². The van der Waals surface area contributed by atoms with Crippen LogP contribution in [0.3, 0.4) is 0 Å². The summed E-state index contributed by atoms with van der Waals surface area (Å²) in [6, 6.07) is 27.3. The third kappa shape index (κ3) is 5.96. The first-order valence-electron chi connectivity index (χ1n) is 18.0. The highest BCUT2D eigenvalue weighted by Crippen LogP contribution is 2.49. The fourth-order valence-electron chi connectivity index (χ4n) is 7.62. The Kier molecular flexibility index (Phi) is 8.41. The molecule has 0 radical (unpaired) electrons. The zero-order valence-corrected chi connectivity index (χ0v) is 31.1. The average molecular weight is 786 g/mol. The number of aromatic nitrogens is 2. The van der Waals surface area contributed by atoms with Gasteiger partial charge in [0.25, 0.3) is 0 Å². The van der Waals surface area contributed by atoms with Gasteiger partial charge in [-0.1, -0.05) is 72.2 Å². The molecule has 54 heavy (non-hydrogen) atoms. The first kappa shape index (κ1) is 33.8. The number of aryl methyl sites for hydroxylation is 1. The van der Waals surface area contributed by atoms with E-state index in [1.54, 1.807) is 24.3 Å². The van der Waals surface area contributed by atoms with E-state index >= 15 is 0 Å². The predicted octanol–water partition coefficient (Wildman–Crippen LogP) is 8.02. The zero-order valence-electron chi connectivity index (χ0n) is 29.5. The summed E-state index contributed by atoms with van der Waals surface area (Å²) in [4.78, 5) is 32.1. The smallest absolute Gasteiger partial charge is 0.248 e. The number of hydrogen-bond acceptors (Lipinski definition) is 8. The molecular formula is C42H37BrN6O5. The van der Waals surface area contributed by atoms with E-state index in [1.807, 2.05) is 30.6 Å². The molecule has 0 aliphatic carbocycles. The fraction of sp³-hybridized carbons (Fsp3) is 0.214. The molecule has 4 aliphatic heterocycles. The maximum absolute atomic E-state index is 13.1. The number of fused-ring (bicyclic) bond motifs is 8. The third-order valence-corrected chi connectivity index (χ3v) is 10.8. The summed E-state index contributed by atoms with van der Waals surface area (Å²) in [5.41, 5.74) is 13.3. The number of halogens is 1. The van der Waals surface area contributed by atoms with Crippen molar-refractivity contribution in [3.63, 3.8) is 0 Å². The van der Waals surface area contributed by atoms with Gasteiger partial charge in [0, 0.05) is 62.1 Å². The van der Waals surface area contributed by atoms with Gasteiger partial charge in [-0.3, -0.25) is 9.59 Å². The molecule has 4 aliphatic rings. The van der Waals surface area contributed by atoms with Gasteiger partial charge in [0.15, 0.2) is 6.23 Å². The molecule has 2 amide bonds. The van der Waals surface area contributed by atoms with E-state index < -0.39 is 24.4 Å². The maximum atomic E-state index is 13.1. The summed E-state index contributed by atoms with van der Waals surface area (Å²) >= 11 is 3.24. The van der Waals surface area contributed by atoms with Gasteiger partial charge in [0.1, 0.15) is 34.9 Å². The largest absolute Gasteiger partial charge is 0.469 e. The number of anilines is 1. The molecule has 6 heterocycles. The van der Waals surface area contributed by atoms with Crippen molar-refractivity contribution in [2.24, 2.45) is 11.7 Å². The lowest BCUT2D eigenvalue weighted by molar-refractivity contribution is -0.122. The lowest BCUT2D eigenvalue weighted by Crippen LogP contribution is -2.32. The minimum atomic E-state index is -0.598. The minimum Gasteiger partial charge on any atom is -0.469 e. The molecule has 4 aromatic carbocycles. The second kappa shape index (κ2) is 13.4. The minimum absolute atomic E-state index is 0.0356. The molecule has 2 aromatic heterocycles. The monoisotopic (exact) mass is 784 g/mol. The Morgan fingerprint density at radius 2 is 1.74 bits per heavy atom. The van der Waals surface area contributed by atoms with E-state index in [4.69, 9.17) is 24.6 Å². The van der Waals surface area contributed by atoms with Crippen LogP contribution in [0.4, 0.5) is 5.69 Å². The lowest BCUT2D eigenvalue weighted by Gasteiger charge is -2.23. The van der Waals surface area contributed by atoms with Crippen molar-refractivity contribution < 1.29 is 23.5 Å². The number of amides is 2. The lowest BCUT2D eigenvalue weighted by atomic mass is 9.91. The Morgan fingerprint density at radius 1 is 0.926 bits per heavy atom. The predicted molar refractivity (Wildman–Crippen MR) is 208 cm³/mol. The van der Waals surface area contributed by atoms with Gasteiger partial charge in [0.2, 0.25) is 23.9 Å². The van der Waals surface area contributed by atoms with E-state index in [2.05, 4.69) is 93.2 Å². The summed E-state index contributed by atoms with van der Waals surface area (Å²) in [6.07, 6.45) is 3.80. The number of nitrogens with two attached hydrogens (primary N) is 1. The summed E-state index contributed by atoms with van der Waals surface area (Å²) < 4.78 is 21.0. The zero-order chi connectivity index (χ0) is 37.1. The quantitative estimate of drug-likeness (QED) is 0.118. The van der Waals surface area contributed by atoms with Crippen molar-refractivity contribution in [1.29, 1.82) is 0 Å². The standard InChI is InChI=1S/C35H31N5O4.C7H6BrNO/c1-17(2)30-35-40-31-32(44-35)29-21-14-18(11-13-27(41)39-30)10-12-25(21)42-33(29)38-23-8-4-3-6-19(23)20-7-5-9-24-28(20)22(15-36-24)26-16-37-34(31)43-26;8-6-3-1-5(2-4-6)7(9)10/h3-10,12,14-17,29-30,33-34,36-38H,11,13H2,1-2H3,(H,39,41);1-4H,(H2,9,10). The third-order valence-electron chi connectivity index (χ3n) is 10.3. The number of nitrogens with one attached hydrogen (secondary N) is 4. The van der Waals surface area contributed by atoms with E-state index in [1.165, 1.54) is 0 Å². The van der Waals surface area contributed by atoms with Crippen LogP contribution in [-0.4, -0.2) is 28.0 Å². The Morgan fingerprint density at radius 3 is 2.56 bits per heavy atom. The first-order valence-corrected chi connectivity index (χ1v) is 18.7. The van der Waals surface area contributed by atoms with Crippen LogP contribution in [0.1, 0.15) is 82.8 Å². The van der Waals surface area contributed by atoms with Crippen LogP contribution in [0.5, 0.6) is 5.75 Å². The number of oxazole rings is 1. The SMILES string of the molecule is CC(C)C1NC(=O)CCc2ccc3c(c2)C2c4oc1nc4C1NC=C(O1)c1c[nH]c4cccc(c14)-c1ccccc1NC2O3.NC(=O)c1ccc(Br)cc1. The number of rotatable bonds is 2. The Hall–Kier alpha value is -6.01. The molecule has 11 nitrogen and oxygen atoms in total. The van der Waals surface area contributed by atoms with E-state index in [0.717, 1.165) is 54.6 Å². The normalized spacial score (nSPS) is 20.4. The topological polar surface area (TPSA) is 157 Å². The highest BCUT2D eigenvalue weighted by atomic mass is 79.9. The van der Waals surface area contributed by atoms with Crippen LogP contribution >= 0.6 is 15.9 Å². The van der Waals surface area contributed by atoms with Gasteiger partial charge in [-0.05, 0) is 65.9 Å². The van der Waals surface area contributed by atoms with Gasteiger partial charge >= 0.3 is 0 Å². The number of para-hydroxylation sites is 1. The number of ether oxygens (including phenoxy) is 2. The Bertz CT molecular complexity index is 2470. The van der Waals surface area contributed by atoms with Crippen LogP contribution in [0.25, 0.3) is 27.8 Å². The molecule has 4 unspecified atom stereocenters. The average Bonchev–Trinajstić information content (AvgIpc) is 3.97. The first-order chi connectivity index (χ1) is 26.2. The van der Waals surface area contributed by atoms with E-state index in [-0.39, 0.29) is 17.7 Å². The van der Waals surface area contributed by atoms with Gasteiger partial charge in [-0.15, -0.1) is 0 Å². The summed E-state index contributed by atoms with van der Waals surface area (Å²) in [7, 11) is 0. The Labute approximate surface area is 319 Å². The molecular weight excluding hydrogens is 748 g/mol. The molecule has 272 valence electrons. The van der Waals surface area contributed by atoms with Crippen molar-refractivity contribution in [3.8, 4) is 16.9 Å². The highest BCUT2D eigenvalue weighted by Gasteiger charge is 2.44. The molecule has 4 atom stereocenters. The van der Waals surface area contributed by atoms with Crippen molar-refractivity contribution in [2.45, 2.75) is 51.1 Å². The van der Waals surface area contributed by atoms with Crippen molar-refractivity contribution in [2.75, 3.05) is 5.32 Å². The van der Waals surface area contributed by atoms with Crippen LogP contribution in [0.15, 0.2) is 106 Å². The number of hydrogen-bond donors (Lipinski definition) is 5. The van der Waals surface area contributed by atoms with Crippen LogP contribution < -0.4 is 26.4 Å². The van der Waals surface area contributed by atoms with Crippen LogP contribution in [0.2, 0.25) is 0 Å². The number of benzene rings is 4. The molecule has 0 spiro atoms. The molecule has 0 saturated heterocycles. The van der Waals surface area contributed by atoms with Gasteiger partial charge in [0.05, 0.1) is 0 Å². The van der Waals surface area contributed by atoms with Gasteiger partial charge in [-0.25, -0.2) is 4.98 Å². The summed E-state index contributed by atoms with van der Waals surface area (Å²) in [5, 5.41) is 11.4. The molecule has 0 saturated carbocycles. The molecule has 6 bridgehead atoms. The number of aromatic amines is 1. The van der Waals surface area contributed by atoms with Crippen molar-refractivity contribution in [3.05, 3.63) is 141 Å². The second-order valence-electron chi connectivity index (χ2n) is 14.1. The fourth-order valence-corrected chi connectivity index (χ4v) is 7.89. The molecule has 6 N–H and O–H groups in total. The number of carbonyl (C=O) groups excluding carboxylic acids is 2. The van der Waals surface area contributed by atoms with Crippen molar-refractivity contribution in [1.82, 2.24) is 20.6 Å². The molecule has 12 heteroatoms. The Balaban J connectivity index is 0.000000336. The number of carbonyl (C=O) groups is 2. The van der Waals surface area contributed by atoms with Gasteiger partial charge in [-0.2, -0.15) is 0 Å². The highest BCUT2D eigenvalue weighted by molar-refractivity contribution is 9.10. The van der Waals surface area contributed by atoms with E-state index in [9.17, 15) is 9.59 Å². The van der Waals surface area contributed by atoms with Crippen molar-refractivity contribution >= 4 is 50.1 Å². The number of nitrogens with zero attached hydrogens (tertiary/aromatic N) is 1.